The molecule has 12 heavy (non-hydrogen) atoms. The molecule has 0 bridgehead atoms. The maximum atomic E-state index is 11.1. The number of carbonyl (C=O) groups excluding carboxylic acids is 1. The van der Waals surface area contributed by atoms with Crippen molar-refractivity contribution in [3.05, 3.63) is 0 Å². The first-order valence-electron chi connectivity index (χ1n) is 4.34. The number of hydrogen-bond acceptors (Lipinski definition) is 2. The quantitative estimate of drug-likeness (QED) is 0.696. The molecule has 1 atom stereocenters. The minimum atomic E-state index is -0.405. The summed E-state index contributed by atoms with van der Waals surface area (Å²) in [5, 5.41) is 2.72. The molecule has 0 radical (unpaired) electrons. The Labute approximate surface area is 74.5 Å². The van der Waals surface area contributed by atoms with Crippen molar-refractivity contribution in [2.45, 2.75) is 52.7 Å². The number of ether oxygens (including phenoxy) is 1. The van der Waals surface area contributed by atoms with Gasteiger partial charge in [0.1, 0.15) is 5.60 Å². The zero-order valence-corrected chi connectivity index (χ0v) is 8.60. The molecule has 0 aromatic carbocycles. The van der Waals surface area contributed by atoms with Gasteiger partial charge in [0.15, 0.2) is 0 Å². The molecule has 0 aliphatic heterocycles. The highest BCUT2D eigenvalue weighted by atomic mass is 16.6. The van der Waals surface area contributed by atoms with E-state index < -0.39 is 5.60 Å². The van der Waals surface area contributed by atoms with Crippen LogP contribution in [0, 0.1) is 0 Å². The first-order chi connectivity index (χ1) is 5.35. The Balaban J connectivity index is 3.75. The van der Waals surface area contributed by atoms with Crippen molar-refractivity contribution >= 4 is 6.09 Å². The Kier molecular flexibility index (Phi) is 4.07. The smallest absolute Gasteiger partial charge is 0.407 e. The van der Waals surface area contributed by atoms with Crippen molar-refractivity contribution in [3.8, 4) is 0 Å². The van der Waals surface area contributed by atoms with Gasteiger partial charge in [0, 0.05) is 6.04 Å². The highest BCUT2D eigenvalue weighted by Gasteiger charge is 2.16. The van der Waals surface area contributed by atoms with E-state index in [0.717, 1.165) is 6.42 Å². The lowest BCUT2D eigenvalue weighted by molar-refractivity contribution is 0.0507. The van der Waals surface area contributed by atoms with Crippen LogP contribution in [0.5, 0.6) is 0 Å². The van der Waals surface area contributed by atoms with E-state index in [1.807, 2.05) is 34.6 Å². The molecule has 0 heterocycles. The zero-order chi connectivity index (χ0) is 9.78. The van der Waals surface area contributed by atoms with Gasteiger partial charge in [0.25, 0.3) is 0 Å². The van der Waals surface area contributed by atoms with Gasteiger partial charge >= 0.3 is 6.09 Å². The molecule has 0 spiro atoms. The number of amides is 1. The van der Waals surface area contributed by atoms with Gasteiger partial charge in [0.05, 0.1) is 0 Å². The molecule has 0 unspecified atom stereocenters. The molecule has 3 heteroatoms. The molecule has 3 nitrogen and oxygen atoms in total. The number of hydrogen-bond donors (Lipinski definition) is 1. The third-order valence-corrected chi connectivity index (χ3v) is 1.38. The molecular formula is C9H19NO2. The second-order valence-corrected chi connectivity index (χ2v) is 3.96. The summed E-state index contributed by atoms with van der Waals surface area (Å²) in [5.74, 6) is 0. The van der Waals surface area contributed by atoms with E-state index in [1.54, 1.807) is 0 Å². The van der Waals surface area contributed by atoms with E-state index in [-0.39, 0.29) is 12.1 Å². The van der Waals surface area contributed by atoms with Crippen molar-refractivity contribution in [3.63, 3.8) is 0 Å². The summed E-state index contributed by atoms with van der Waals surface area (Å²) in [6, 6.07) is 0.180. The third-order valence-electron chi connectivity index (χ3n) is 1.38. The molecule has 72 valence electrons. The Bertz CT molecular complexity index is 149. The summed E-state index contributed by atoms with van der Waals surface area (Å²) >= 11 is 0. The largest absolute Gasteiger partial charge is 0.444 e. The van der Waals surface area contributed by atoms with E-state index in [2.05, 4.69) is 5.32 Å². The molecule has 1 N–H and O–H groups in total. The minimum absolute atomic E-state index is 0.180. The van der Waals surface area contributed by atoms with E-state index in [9.17, 15) is 4.79 Å². The molecule has 0 saturated carbocycles. The van der Waals surface area contributed by atoms with Crippen LogP contribution < -0.4 is 5.32 Å². The van der Waals surface area contributed by atoms with Gasteiger partial charge < -0.3 is 10.1 Å². The van der Waals surface area contributed by atoms with Gasteiger partial charge in [-0.3, -0.25) is 0 Å². The number of alkyl carbamates (subject to hydrolysis) is 1. The van der Waals surface area contributed by atoms with Crippen LogP contribution in [0.4, 0.5) is 4.79 Å². The average Bonchev–Trinajstić information content (AvgIpc) is 1.82. The lowest BCUT2D eigenvalue weighted by Crippen LogP contribution is -2.37. The van der Waals surface area contributed by atoms with Crippen LogP contribution in [0.2, 0.25) is 0 Å². The molecule has 0 fully saturated rings. The summed E-state index contributed by atoms with van der Waals surface area (Å²) in [4.78, 5) is 11.1. The summed E-state index contributed by atoms with van der Waals surface area (Å²) in [7, 11) is 0. The molecule has 0 aromatic rings. The van der Waals surface area contributed by atoms with Gasteiger partial charge in [-0.2, -0.15) is 0 Å². The third kappa shape index (κ3) is 6.01. The van der Waals surface area contributed by atoms with E-state index in [4.69, 9.17) is 4.74 Å². The van der Waals surface area contributed by atoms with Crippen molar-refractivity contribution < 1.29 is 9.53 Å². The molecule has 0 rings (SSSR count). The summed E-state index contributed by atoms with van der Waals surface area (Å²) < 4.78 is 5.06. The summed E-state index contributed by atoms with van der Waals surface area (Å²) in [6.07, 6.45) is 0.580. The van der Waals surface area contributed by atoms with Gasteiger partial charge in [-0.1, -0.05) is 6.92 Å². The Morgan fingerprint density at radius 2 is 2.00 bits per heavy atom. The Morgan fingerprint density at radius 3 is 2.33 bits per heavy atom. The van der Waals surface area contributed by atoms with Crippen LogP contribution in [0.15, 0.2) is 0 Å². The van der Waals surface area contributed by atoms with Crippen LogP contribution in [-0.4, -0.2) is 17.7 Å². The second kappa shape index (κ2) is 4.33. The standard InChI is InChI=1S/C9H19NO2/c1-6-7(2)10-8(11)12-9(3,4)5/h7H,6H2,1-5H3,(H,10,11)/t7-/m0/s1. The maximum absolute atomic E-state index is 11.1. The summed E-state index contributed by atoms with van der Waals surface area (Å²) in [6.45, 7) is 9.52. The van der Waals surface area contributed by atoms with Crippen molar-refractivity contribution in [1.82, 2.24) is 5.32 Å². The molecule has 0 aromatic heterocycles. The molecule has 0 saturated heterocycles. The first-order valence-corrected chi connectivity index (χ1v) is 4.34. The predicted octanol–water partition coefficient (Wildman–Crippen LogP) is 2.31. The highest BCUT2D eigenvalue weighted by Crippen LogP contribution is 2.06. The fourth-order valence-electron chi connectivity index (χ4n) is 0.611. The average molecular weight is 173 g/mol. The van der Waals surface area contributed by atoms with Crippen LogP contribution in [0.1, 0.15) is 41.0 Å². The van der Waals surface area contributed by atoms with Crippen molar-refractivity contribution in [2.75, 3.05) is 0 Å². The highest BCUT2D eigenvalue weighted by molar-refractivity contribution is 5.67. The number of carbonyl (C=O) groups is 1. The topological polar surface area (TPSA) is 38.3 Å². The minimum Gasteiger partial charge on any atom is -0.444 e. The normalized spacial score (nSPS) is 13.8. The van der Waals surface area contributed by atoms with Crippen molar-refractivity contribution in [2.24, 2.45) is 0 Å². The van der Waals surface area contributed by atoms with E-state index >= 15 is 0 Å². The van der Waals surface area contributed by atoms with Crippen LogP contribution >= 0.6 is 0 Å². The first kappa shape index (κ1) is 11.3. The van der Waals surface area contributed by atoms with Gasteiger partial charge in [-0.05, 0) is 34.1 Å². The molecular weight excluding hydrogens is 154 g/mol. The molecule has 1 amide bonds. The monoisotopic (exact) mass is 173 g/mol. The van der Waals surface area contributed by atoms with E-state index in [1.165, 1.54) is 0 Å². The summed E-state index contributed by atoms with van der Waals surface area (Å²) in [5.41, 5.74) is -0.405. The molecule has 0 aliphatic rings. The Morgan fingerprint density at radius 1 is 1.50 bits per heavy atom. The lowest BCUT2D eigenvalue weighted by Gasteiger charge is -2.21. The van der Waals surface area contributed by atoms with Crippen LogP contribution in [0.3, 0.4) is 0 Å². The lowest BCUT2D eigenvalue weighted by atomic mass is 10.2. The van der Waals surface area contributed by atoms with Crippen LogP contribution in [-0.2, 0) is 4.74 Å². The fourth-order valence-corrected chi connectivity index (χ4v) is 0.611. The SMILES string of the molecule is CC[C@H](C)NC(=O)OC(C)(C)C. The number of nitrogens with one attached hydrogen (secondary N) is 1. The molecule has 0 aliphatic carbocycles. The Hall–Kier alpha value is -0.730. The number of rotatable bonds is 2. The van der Waals surface area contributed by atoms with Crippen LogP contribution in [0.25, 0.3) is 0 Å². The maximum Gasteiger partial charge on any atom is 0.407 e. The van der Waals surface area contributed by atoms with Gasteiger partial charge in [0.2, 0.25) is 0 Å². The van der Waals surface area contributed by atoms with Gasteiger partial charge in [-0.15, -0.1) is 0 Å². The fraction of sp³-hybridized carbons (Fsp3) is 0.889. The van der Waals surface area contributed by atoms with E-state index in [0.29, 0.717) is 0 Å². The van der Waals surface area contributed by atoms with Gasteiger partial charge in [-0.25, -0.2) is 4.79 Å². The zero-order valence-electron chi connectivity index (χ0n) is 8.60. The second-order valence-electron chi connectivity index (χ2n) is 3.96. The van der Waals surface area contributed by atoms with Crippen molar-refractivity contribution in [1.29, 1.82) is 0 Å². The predicted molar refractivity (Wildman–Crippen MR) is 49.1 cm³/mol.